The SMILES string of the molecule is Cl.NC1=NC(C2=CCCCC2)CCCC1. The van der Waals surface area contributed by atoms with Crippen molar-refractivity contribution in [3.05, 3.63) is 11.6 Å². The zero-order chi connectivity index (χ0) is 9.80. The van der Waals surface area contributed by atoms with Gasteiger partial charge in [-0.1, -0.05) is 12.5 Å². The number of aliphatic imine (C=N–C) groups is 1. The summed E-state index contributed by atoms with van der Waals surface area (Å²) >= 11 is 0. The number of hydrogen-bond donors (Lipinski definition) is 1. The zero-order valence-electron chi connectivity index (χ0n) is 9.24. The first kappa shape index (κ1) is 12.6. The zero-order valence-corrected chi connectivity index (χ0v) is 10.1. The third-order valence-electron chi connectivity index (χ3n) is 3.24. The normalized spacial score (nSPS) is 27.1. The molecule has 0 saturated heterocycles. The molecule has 0 aromatic rings. The summed E-state index contributed by atoms with van der Waals surface area (Å²) < 4.78 is 0. The minimum absolute atomic E-state index is 0. The van der Waals surface area contributed by atoms with Crippen molar-refractivity contribution in [1.29, 1.82) is 0 Å². The van der Waals surface area contributed by atoms with Gasteiger partial charge in [0, 0.05) is 6.42 Å². The number of nitrogens with zero attached hydrogens (tertiary/aromatic N) is 1. The second-order valence-electron chi connectivity index (χ2n) is 4.41. The maximum absolute atomic E-state index is 5.85. The lowest BCUT2D eigenvalue weighted by Crippen LogP contribution is -2.16. The topological polar surface area (TPSA) is 38.4 Å². The highest BCUT2D eigenvalue weighted by molar-refractivity contribution is 5.85. The number of halogens is 1. The largest absolute Gasteiger partial charge is 0.387 e. The molecule has 1 unspecified atom stereocenters. The number of nitrogens with two attached hydrogens (primary N) is 1. The maximum atomic E-state index is 5.85. The Labute approximate surface area is 98.4 Å². The predicted molar refractivity (Wildman–Crippen MR) is 67.7 cm³/mol. The van der Waals surface area contributed by atoms with Gasteiger partial charge in [0.05, 0.1) is 11.9 Å². The fourth-order valence-corrected chi connectivity index (χ4v) is 2.41. The Hall–Kier alpha value is -0.500. The first-order valence-electron chi connectivity index (χ1n) is 5.87. The summed E-state index contributed by atoms with van der Waals surface area (Å²) in [6.45, 7) is 0. The Bertz CT molecular complexity index is 258. The van der Waals surface area contributed by atoms with Crippen LogP contribution in [0.25, 0.3) is 0 Å². The van der Waals surface area contributed by atoms with E-state index in [0.717, 1.165) is 12.3 Å². The van der Waals surface area contributed by atoms with Gasteiger partial charge in [-0.15, -0.1) is 12.4 Å². The van der Waals surface area contributed by atoms with Crippen molar-refractivity contribution in [2.45, 2.75) is 57.4 Å². The van der Waals surface area contributed by atoms with Gasteiger partial charge in [0.15, 0.2) is 0 Å². The van der Waals surface area contributed by atoms with Gasteiger partial charge in [0.25, 0.3) is 0 Å². The highest BCUT2D eigenvalue weighted by Crippen LogP contribution is 2.26. The highest BCUT2D eigenvalue weighted by Gasteiger charge is 2.17. The summed E-state index contributed by atoms with van der Waals surface area (Å²) in [4.78, 5) is 4.63. The first-order chi connectivity index (χ1) is 6.86. The van der Waals surface area contributed by atoms with Gasteiger partial charge in [0.1, 0.15) is 0 Å². The molecule has 3 heteroatoms. The molecule has 0 aromatic heterocycles. The molecule has 0 spiro atoms. The van der Waals surface area contributed by atoms with E-state index in [2.05, 4.69) is 11.1 Å². The molecule has 0 bridgehead atoms. The van der Waals surface area contributed by atoms with Crippen LogP contribution in [-0.2, 0) is 0 Å². The van der Waals surface area contributed by atoms with Gasteiger partial charge in [-0.3, -0.25) is 4.99 Å². The minimum atomic E-state index is 0. The van der Waals surface area contributed by atoms with Crippen LogP contribution >= 0.6 is 12.4 Å². The van der Waals surface area contributed by atoms with Gasteiger partial charge in [-0.05, 0) is 44.1 Å². The maximum Gasteiger partial charge on any atom is 0.0944 e. The van der Waals surface area contributed by atoms with Gasteiger partial charge in [0.2, 0.25) is 0 Å². The lowest BCUT2D eigenvalue weighted by atomic mass is 9.92. The van der Waals surface area contributed by atoms with Crippen molar-refractivity contribution < 1.29 is 0 Å². The van der Waals surface area contributed by atoms with Crippen molar-refractivity contribution >= 4 is 18.2 Å². The van der Waals surface area contributed by atoms with Crippen LogP contribution in [0.5, 0.6) is 0 Å². The molecule has 0 aromatic carbocycles. The third-order valence-corrected chi connectivity index (χ3v) is 3.24. The quantitative estimate of drug-likeness (QED) is 0.688. The standard InChI is InChI=1S/C12H20N2.ClH/c13-12-9-5-4-8-11(14-12)10-6-2-1-3-7-10;/h6,11H,1-5,7-9H2,(H2,13,14);1H. The van der Waals surface area contributed by atoms with E-state index < -0.39 is 0 Å². The van der Waals surface area contributed by atoms with E-state index in [0.29, 0.717) is 6.04 Å². The molecule has 0 radical (unpaired) electrons. The Morgan fingerprint density at radius 3 is 2.67 bits per heavy atom. The summed E-state index contributed by atoms with van der Waals surface area (Å²) in [7, 11) is 0. The van der Waals surface area contributed by atoms with Gasteiger partial charge >= 0.3 is 0 Å². The molecule has 0 amide bonds. The van der Waals surface area contributed by atoms with Gasteiger partial charge in [-0.2, -0.15) is 0 Å². The van der Waals surface area contributed by atoms with Crippen LogP contribution in [0.1, 0.15) is 51.4 Å². The molecule has 2 N–H and O–H groups in total. The van der Waals surface area contributed by atoms with Crippen molar-refractivity contribution in [3.63, 3.8) is 0 Å². The second kappa shape index (κ2) is 6.16. The van der Waals surface area contributed by atoms with E-state index in [-0.39, 0.29) is 12.4 Å². The van der Waals surface area contributed by atoms with Crippen molar-refractivity contribution in [2.24, 2.45) is 10.7 Å². The highest BCUT2D eigenvalue weighted by atomic mass is 35.5. The molecular formula is C12H21ClN2. The number of amidine groups is 1. The van der Waals surface area contributed by atoms with Crippen molar-refractivity contribution in [2.75, 3.05) is 0 Å². The van der Waals surface area contributed by atoms with E-state index in [1.807, 2.05) is 0 Å². The Morgan fingerprint density at radius 2 is 1.93 bits per heavy atom. The molecule has 1 atom stereocenters. The van der Waals surface area contributed by atoms with Crippen LogP contribution in [-0.4, -0.2) is 11.9 Å². The lowest BCUT2D eigenvalue weighted by Gasteiger charge is -2.19. The minimum Gasteiger partial charge on any atom is -0.387 e. The fraction of sp³-hybridized carbons (Fsp3) is 0.750. The summed E-state index contributed by atoms with van der Waals surface area (Å²) in [6, 6.07) is 0.429. The number of allylic oxidation sites excluding steroid dienone is 1. The van der Waals surface area contributed by atoms with Gasteiger partial charge in [-0.25, -0.2) is 0 Å². The van der Waals surface area contributed by atoms with Crippen LogP contribution in [0.15, 0.2) is 16.6 Å². The Kier molecular flexibility index (Phi) is 5.16. The molecule has 1 heterocycles. The molecule has 2 aliphatic rings. The predicted octanol–water partition coefficient (Wildman–Crippen LogP) is 3.21. The molecule has 1 aliphatic heterocycles. The van der Waals surface area contributed by atoms with Crippen LogP contribution < -0.4 is 5.73 Å². The monoisotopic (exact) mass is 228 g/mol. The fourth-order valence-electron chi connectivity index (χ4n) is 2.41. The first-order valence-corrected chi connectivity index (χ1v) is 5.87. The molecule has 2 rings (SSSR count). The summed E-state index contributed by atoms with van der Waals surface area (Å²) in [6.07, 6.45) is 12.3. The summed E-state index contributed by atoms with van der Waals surface area (Å²) in [5.41, 5.74) is 7.41. The van der Waals surface area contributed by atoms with E-state index in [4.69, 9.17) is 5.73 Å². The van der Waals surface area contributed by atoms with E-state index in [1.54, 1.807) is 5.57 Å². The average molecular weight is 229 g/mol. The van der Waals surface area contributed by atoms with E-state index in [1.165, 1.54) is 44.9 Å². The smallest absolute Gasteiger partial charge is 0.0944 e. The van der Waals surface area contributed by atoms with Crippen LogP contribution in [0, 0.1) is 0 Å². The summed E-state index contributed by atoms with van der Waals surface area (Å²) in [5, 5.41) is 0. The number of hydrogen-bond acceptors (Lipinski definition) is 2. The molecule has 86 valence electrons. The third kappa shape index (κ3) is 3.53. The molecular weight excluding hydrogens is 208 g/mol. The Balaban J connectivity index is 0.00000112. The molecule has 0 fully saturated rings. The number of rotatable bonds is 1. The van der Waals surface area contributed by atoms with Crippen molar-refractivity contribution in [1.82, 2.24) is 0 Å². The van der Waals surface area contributed by atoms with E-state index in [9.17, 15) is 0 Å². The van der Waals surface area contributed by atoms with Crippen LogP contribution in [0.4, 0.5) is 0 Å². The van der Waals surface area contributed by atoms with Crippen LogP contribution in [0.2, 0.25) is 0 Å². The second-order valence-corrected chi connectivity index (χ2v) is 4.41. The molecule has 0 saturated carbocycles. The molecule has 15 heavy (non-hydrogen) atoms. The Morgan fingerprint density at radius 1 is 1.13 bits per heavy atom. The van der Waals surface area contributed by atoms with E-state index >= 15 is 0 Å². The van der Waals surface area contributed by atoms with Crippen molar-refractivity contribution in [3.8, 4) is 0 Å². The molecule has 1 aliphatic carbocycles. The summed E-state index contributed by atoms with van der Waals surface area (Å²) in [5.74, 6) is 0.874. The van der Waals surface area contributed by atoms with Gasteiger partial charge < -0.3 is 5.73 Å². The molecule has 2 nitrogen and oxygen atoms in total. The average Bonchev–Trinajstić information content (AvgIpc) is 2.44. The lowest BCUT2D eigenvalue weighted by molar-refractivity contribution is 0.590. The van der Waals surface area contributed by atoms with Crippen LogP contribution in [0.3, 0.4) is 0 Å².